The largest absolute Gasteiger partial charge is 0.373 e. The highest BCUT2D eigenvalue weighted by Gasteiger charge is 2.30. The molecule has 4 unspecified atom stereocenters. The number of nitrogens with one attached hydrogen (secondary N) is 1. The molecule has 0 radical (unpaired) electrons. The summed E-state index contributed by atoms with van der Waals surface area (Å²) in [7, 11) is 0. The van der Waals surface area contributed by atoms with E-state index in [0.717, 1.165) is 57.0 Å². The second kappa shape index (κ2) is 8.70. The van der Waals surface area contributed by atoms with E-state index in [1.54, 1.807) is 0 Å². The lowest BCUT2D eigenvalue weighted by molar-refractivity contribution is 0.0924. The van der Waals surface area contributed by atoms with Crippen LogP contribution in [0.1, 0.15) is 45.3 Å². The monoisotopic (exact) mass is 343 g/mol. The molecule has 2 heterocycles. The van der Waals surface area contributed by atoms with E-state index >= 15 is 0 Å². The fraction of sp³-hybridized carbons (Fsp3) is 0.667. The number of ether oxygens (including phenoxy) is 1. The minimum Gasteiger partial charge on any atom is -0.373 e. The Bertz CT molecular complexity index is 550. The smallest absolute Gasteiger partial charge is 0.193 e. The number of rotatable bonds is 4. The average Bonchev–Trinajstić information content (AvgIpc) is 3.07. The molecule has 138 valence electrons. The van der Waals surface area contributed by atoms with Crippen LogP contribution < -0.4 is 5.32 Å². The van der Waals surface area contributed by atoms with Crippen molar-refractivity contribution in [1.82, 2.24) is 10.2 Å². The molecule has 25 heavy (non-hydrogen) atoms. The zero-order chi connectivity index (χ0) is 17.6. The summed E-state index contributed by atoms with van der Waals surface area (Å²) >= 11 is 0. The molecule has 0 amide bonds. The Morgan fingerprint density at radius 1 is 1.20 bits per heavy atom. The van der Waals surface area contributed by atoms with Gasteiger partial charge in [-0.1, -0.05) is 44.2 Å². The fourth-order valence-electron chi connectivity index (χ4n) is 4.30. The third kappa shape index (κ3) is 4.75. The standard InChI is InChI=1S/C21H33N3O/c1-4-22-21(24-14-16(2)12-17(3)15-24)23-13-19-10-11-25-20(19)18-8-6-5-7-9-18/h5-9,16-17,19-20H,4,10-15H2,1-3H3,(H,22,23). The van der Waals surface area contributed by atoms with Crippen molar-refractivity contribution >= 4 is 5.96 Å². The highest BCUT2D eigenvalue weighted by Crippen LogP contribution is 2.34. The van der Waals surface area contributed by atoms with E-state index < -0.39 is 0 Å². The number of aliphatic imine (C=N–C) groups is 1. The van der Waals surface area contributed by atoms with Gasteiger partial charge in [0.25, 0.3) is 0 Å². The van der Waals surface area contributed by atoms with Crippen LogP contribution in [0.5, 0.6) is 0 Å². The number of likely N-dealkylation sites (tertiary alicyclic amines) is 1. The van der Waals surface area contributed by atoms with Gasteiger partial charge in [-0.2, -0.15) is 0 Å². The Hall–Kier alpha value is -1.55. The van der Waals surface area contributed by atoms with Gasteiger partial charge in [-0.15, -0.1) is 0 Å². The van der Waals surface area contributed by atoms with Gasteiger partial charge >= 0.3 is 0 Å². The minimum atomic E-state index is 0.187. The predicted molar refractivity (Wildman–Crippen MR) is 104 cm³/mol. The third-order valence-corrected chi connectivity index (χ3v) is 5.32. The summed E-state index contributed by atoms with van der Waals surface area (Å²) in [5.74, 6) is 3.02. The van der Waals surface area contributed by atoms with Crippen molar-refractivity contribution in [2.75, 3.05) is 32.8 Å². The van der Waals surface area contributed by atoms with Gasteiger partial charge in [-0.25, -0.2) is 0 Å². The Labute approximate surface area is 152 Å². The molecule has 1 aromatic carbocycles. The first kappa shape index (κ1) is 18.2. The van der Waals surface area contributed by atoms with Gasteiger partial charge in [0.05, 0.1) is 6.10 Å². The molecule has 0 aliphatic carbocycles. The first-order valence-electron chi connectivity index (χ1n) is 9.87. The number of piperidine rings is 1. The number of hydrogen-bond donors (Lipinski definition) is 1. The lowest BCUT2D eigenvalue weighted by Crippen LogP contribution is -2.48. The molecular weight excluding hydrogens is 310 g/mol. The summed E-state index contributed by atoms with van der Waals surface area (Å²) in [5, 5.41) is 3.51. The highest BCUT2D eigenvalue weighted by atomic mass is 16.5. The fourth-order valence-corrected chi connectivity index (χ4v) is 4.30. The van der Waals surface area contributed by atoms with Crippen molar-refractivity contribution in [2.45, 2.75) is 39.7 Å². The summed E-state index contributed by atoms with van der Waals surface area (Å²) < 4.78 is 6.02. The minimum absolute atomic E-state index is 0.187. The number of nitrogens with zero attached hydrogens (tertiary/aromatic N) is 2. The third-order valence-electron chi connectivity index (χ3n) is 5.32. The van der Waals surface area contributed by atoms with Crippen LogP contribution >= 0.6 is 0 Å². The van der Waals surface area contributed by atoms with E-state index in [1.165, 1.54) is 12.0 Å². The summed E-state index contributed by atoms with van der Waals surface area (Å²) in [4.78, 5) is 7.47. The van der Waals surface area contributed by atoms with E-state index in [9.17, 15) is 0 Å². The van der Waals surface area contributed by atoms with Crippen molar-refractivity contribution in [2.24, 2.45) is 22.7 Å². The van der Waals surface area contributed by atoms with Crippen LogP contribution in [-0.4, -0.2) is 43.6 Å². The number of guanidine groups is 1. The first-order chi connectivity index (χ1) is 12.2. The van der Waals surface area contributed by atoms with E-state index in [0.29, 0.717) is 5.92 Å². The lowest BCUT2D eigenvalue weighted by Gasteiger charge is -2.37. The number of hydrogen-bond acceptors (Lipinski definition) is 2. The van der Waals surface area contributed by atoms with Crippen molar-refractivity contribution in [3.8, 4) is 0 Å². The maximum Gasteiger partial charge on any atom is 0.193 e. The normalized spacial score (nSPS) is 30.5. The zero-order valence-electron chi connectivity index (χ0n) is 15.9. The highest BCUT2D eigenvalue weighted by molar-refractivity contribution is 5.80. The predicted octanol–water partition coefficient (Wildman–Crippen LogP) is 3.71. The van der Waals surface area contributed by atoms with Crippen molar-refractivity contribution in [1.29, 1.82) is 0 Å². The molecule has 4 atom stereocenters. The summed E-state index contributed by atoms with van der Waals surface area (Å²) in [6, 6.07) is 10.6. The van der Waals surface area contributed by atoms with E-state index in [1.807, 2.05) is 0 Å². The van der Waals surface area contributed by atoms with Crippen LogP contribution in [-0.2, 0) is 4.74 Å². The van der Waals surface area contributed by atoms with Crippen LogP contribution in [0.4, 0.5) is 0 Å². The molecule has 0 bridgehead atoms. The summed E-state index contributed by atoms with van der Waals surface area (Å²) in [6.07, 6.45) is 2.60. The quantitative estimate of drug-likeness (QED) is 0.669. The van der Waals surface area contributed by atoms with Crippen LogP contribution in [0.3, 0.4) is 0 Å². The Morgan fingerprint density at radius 2 is 1.92 bits per heavy atom. The van der Waals surface area contributed by atoms with E-state index in [4.69, 9.17) is 9.73 Å². The van der Waals surface area contributed by atoms with Gasteiger partial charge < -0.3 is 15.0 Å². The van der Waals surface area contributed by atoms with Gasteiger partial charge in [0, 0.05) is 38.7 Å². The number of benzene rings is 1. The molecule has 2 aliphatic heterocycles. The Morgan fingerprint density at radius 3 is 2.60 bits per heavy atom. The second-order valence-corrected chi connectivity index (χ2v) is 7.80. The van der Waals surface area contributed by atoms with E-state index in [2.05, 4.69) is 61.3 Å². The molecule has 3 rings (SSSR count). The topological polar surface area (TPSA) is 36.9 Å². The van der Waals surface area contributed by atoms with Crippen LogP contribution in [0, 0.1) is 17.8 Å². The molecule has 1 aromatic rings. The molecule has 0 saturated carbocycles. The SMILES string of the molecule is CCNC(=NCC1CCOC1c1ccccc1)N1CC(C)CC(C)C1. The molecule has 2 aliphatic rings. The molecule has 2 saturated heterocycles. The van der Waals surface area contributed by atoms with Gasteiger partial charge in [0.1, 0.15) is 0 Å². The van der Waals surface area contributed by atoms with Gasteiger partial charge in [0.2, 0.25) is 0 Å². The molecule has 0 spiro atoms. The Balaban J connectivity index is 1.68. The van der Waals surface area contributed by atoms with Crippen molar-refractivity contribution in [3.63, 3.8) is 0 Å². The molecule has 1 N–H and O–H groups in total. The Kier molecular flexibility index (Phi) is 6.35. The van der Waals surface area contributed by atoms with Gasteiger partial charge in [-0.05, 0) is 37.2 Å². The van der Waals surface area contributed by atoms with Crippen molar-refractivity contribution in [3.05, 3.63) is 35.9 Å². The van der Waals surface area contributed by atoms with Gasteiger partial charge in [0.15, 0.2) is 5.96 Å². The summed E-state index contributed by atoms with van der Waals surface area (Å²) in [5.41, 5.74) is 1.28. The van der Waals surface area contributed by atoms with Gasteiger partial charge in [-0.3, -0.25) is 4.99 Å². The first-order valence-corrected chi connectivity index (χ1v) is 9.87. The molecule has 2 fully saturated rings. The van der Waals surface area contributed by atoms with E-state index in [-0.39, 0.29) is 6.10 Å². The van der Waals surface area contributed by atoms with Crippen LogP contribution in [0.25, 0.3) is 0 Å². The maximum absolute atomic E-state index is 6.02. The summed E-state index contributed by atoms with van der Waals surface area (Å²) in [6.45, 7) is 11.7. The molecule has 0 aromatic heterocycles. The molecular formula is C21H33N3O. The van der Waals surface area contributed by atoms with Crippen LogP contribution in [0.2, 0.25) is 0 Å². The van der Waals surface area contributed by atoms with Crippen molar-refractivity contribution < 1.29 is 4.74 Å². The molecule has 4 heteroatoms. The second-order valence-electron chi connectivity index (χ2n) is 7.80. The van der Waals surface area contributed by atoms with Crippen LogP contribution in [0.15, 0.2) is 35.3 Å². The lowest BCUT2D eigenvalue weighted by atomic mass is 9.92. The maximum atomic E-state index is 6.02. The average molecular weight is 344 g/mol. The molecule has 4 nitrogen and oxygen atoms in total. The zero-order valence-corrected chi connectivity index (χ0v) is 15.9.